The number of rotatable bonds is 13. The summed E-state index contributed by atoms with van der Waals surface area (Å²) in [4.78, 5) is 0. The first-order chi connectivity index (χ1) is 17.7. The molecule has 2 heteroatoms. The Labute approximate surface area is 220 Å². The average molecular weight is 493 g/mol. The van der Waals surface area contributed by atoms with Crippen molar-refractivity contribution in [3.05, 3.63) is 70.8 Å². The van der Waals surface area contributed by atoms with Crippen LogP contribution >= 0.6 is 0 Å². The highest BCUT2D eigenvalue weighted by atomic mass is 19.1. The Kier molecular flexibility index (Phi) is 11.3. The van der Waals surface area contributed by atoms with Gasteiger partial charge in [-0.25, -0.2) is 0 Å². The zero-order chi connectivity index (χ0) is 25.0. The molecule has 0 bridgehead atoms. The topological polar surface area (TPSA) is 9.23 Å². The molecule has 0 saturated heterocycles. The second-order valence-electron chi connectivity index (χ2n) is 11.6. The zero-order valence-corrected chi connectivity index (χ0v) is 22.7. The molecule has 0 spiro atoms. The van der Waals surface area contributed by atoms with Gasteiger partial charge in [0.05, 0.1) is 13.3 Å². The summed E-state index contributed by atoms with van der Waals surface area (Å²) in [6.45, 7) is 3.53. The molecule has 0 radical (unpaired) electrons. The maximum Gasteiger partial charge on any atom is 0.0894 e. The van der Waals surface area contributed by atoms with Gasteiger partial charge in [-0.3, -0.25) is 4.39 Å². The molecule has 0 N–H and O–H groups in total. The standard InChI is InChI=1S/C34H49FO/c1-2-36-26-24-30-10-8-28(9-11-30)6-7-29-14-18-32(19-15-29)34-22-20-33(21-23-34)31-16-12-27(13-17-31)5-3-4-25-35/h8-11,14-15,18-19,27,31,33-34H,2-7,12-13,16-17,20-26H2,1H3/t27-,31-,33?,34?. The lowest BCUT2D eigenvalue weighted by Crippen LogP contribution is -2.25. The van der Waals surface area contributed by atoms with E-state index in [1.807, 2.05) is 6.92 Å². The van der Waals surface area contributed by atoms with Crippen molar-refractivity contribution in [2.24, 2.45) is 17.8 Å². The monoisotopic (exact) mass is 492 g/mol. The summed E-state index contributed by atoms with van der Waals surface area (Å²) in [7, 11) is 0. The van der Waals surface area contributed by atoms with E-state index in [1.54, 1.807) is 5.56 Å². The lowest BCUT2D eigenvalue weighted by Gasteiger charge is -2.38. The van der Waals surface area contributed by atoms with E-state index in [4.69, 9.17) is 4.74 Å². The molecular formula is C34H49FO. The first-order valence-corrected chi connectivity index (χ1v) is 15.1. The van der Waals surface area contributed by atoms with E-state index in [1.165, 1.54) is 74.5 Å². The van der Waals surface area contributed by atoms with Gasteiger partial charge in [0.2, 0.25) is 0 Å². The number of halogens is 1. The number of hydrogen-bond acceptors (Lipinski definition) is 1. The predicted octanol–water partition coefficient (Wildman–Crippen LogP) is 9.27. The van der Waals surface area contributed by atoms with Crippen LogP contribution in [0.1, 0.15) is 106 Å². The van der Waals surface area contributed by atoms with Crippen molar-refractivity contribution in [2.75, 3.05) is 19.9 Å². The first-order valence-electron chi connectivity index (χ1n) is 15.1. The molecule has 2 fully saturated rings. The highest BCUT2D eigenvalue weighted by Gasteiger charge is 2.31. The van der Waals surface area contributed by atoms with Crippen LogP contribution in [0.4, 0.5) is 4.39 Å². The van der Waals surface area contributed by atoms with E-state index >= 15 is 0 Å². The molecular weight excluding hydrogens is 443 g/mol. The molecule has 2 aliphatic rings. The number of hydrogen-bond donors (Lipinski definition) is 0. The molecule has 2 aliphatic carbocycles. The molecule has 4 rings (SSSR count). The van der Waals surface area contributed by atoms with Gasteiger partial charge in [0.25, 0.3) is 0 Å². The van der Waals surface area contributed by atoms with E-state index in [-0.39, 0.29) is 6.67 Å². The summed E-state index contributed by atoms with van der Waals surface area (Å²) in [5.41, 5.74) is 5.80. The Hall–Kier alpha value is -1.67. The number of aryl methyl sites for hydroxylation is 2. The molecule has 2 aromatic carbocycles. The number of alkyl halides is 1. The number of unbranched alkanes of at least 4 members (excludes halogenated alkanes) is 1. The van der Waals surface area contributed by atoms with Gasteiger partial charge in [0, 0.05) is 6.61 Å². The van der Waals surface area contributed by atoms with Gasteiger partial charge in [0.15, 0.2) is 0 Å². The van der Waals surface area contributed by atoms with Crippen molar-refractivity contribution in [3.63, 3.8) is 0 Å². The third-order valence-corrected chi connectivity index (χ3v) is 9.24. The van der Waals surface area contributed by atoms with Crippen molar-refractivity contribution in [3.8, 4) is 0 Å². The molecule has 0 aromatic heterocycles. The third kappa shape index (κ3) is 8.44. The lowest BCUT2D eigenvalue weighted by molar-refractivity contribution is 0.151. The Balaban J connectivity index is 1.16. The summed E-state index contributed by atoms with van der Waals surface area (Å²) >= 11 is 0. The fraction of sp³-hybridized carbons (Fsp3) is 0.647. The van der Waals surface area contributed by atoms with Crippen LogP contribution in [-0.4, -0.2) is 19.9 Å². The minimum absolute atomic E-state index is 0.133. The fourth-order valence-electron chi connectivity index (χ4n) is 6.85. The summed E-state index contributed by atoms with van der Waals surface area (Å²) < 4.78 is 17.8. The molecule has 36 heavy (non-hydrogen) atoms. The van der Waals surface area contributed by atoms with Crippen LogP contribution in [0.15, 0.2) is 48.5 Å². The van der Waals surface area contributed by atoms with E-state index < -0.39 is 0 Å². The molecule has 198 valence electrons. The molecule has 1 nitrogen and oxygen atoms in total. The van der Waals surface area contributed by atoms with Crippen molar-refractivity contribution < 1.29 is 9.13 Å². The van der Waals surface area contributed by atoms with Crippen molar-refractivity contribution in [1.29, 1.82) is 0 Å². The summed E-state index contributed by atoms with van der Waals surface area (Å²) in [6.07, 6.45) is 17.6. The summed E-state index contributed by atoms with van der Waals surface area (Å²) in [6, 6.07) is 18.7. The largest absolute Gasteiger partial charge is 0.381 e. The van der Waals surface area contributed by atoms with Crippen LogP contribution < -0.4 is 0 Å². The first kappa shape index (κ1) is 27.4. The van der Waals surface area contributed by atoms with Crippen molar-refractivity contribution >= 4 is 0 Å². The predicted molar refractivity (Wildman–Crippen MR) is 150 cm³/mol. The van der Waals surface area contributed by atoms with Crippen molar-refractivity contribution in [1.82, 2.24) is 0 Å². The van der Waals surface area contributed by atoms with Gasteiger partial charge < -0.3 is 4.74 Å². The Morgan fingerprint density at radius 2 is 1.19 bits per heavy atom. The molecule has 0 atom stereocenters. The Morgan fingerprint density at radius 3 is 1.75 bits per heavy atom. The van der Waals surface area contributed by atoms with Gasteiger partial charge in [-0.1, -0.05) is 74.2 Å². The summed E-state index contributed by atoms with van der Waals surface area (Å²) in [5.74, 6) is 3.56. The van der Waals surface area contributed by atoms with Crippen LogP contribution in [0, 0.1) is 17.8 Å². The average Bonchev–Trinajstić information content (AvgIpc) is 2.94. The SMILES string of the molecule is CCOCCc1ccc(CCc2ccc(C3CCC([C@H]4CC[C@H](CCCCF)CC4)CC3)cc2)cc1. The molecule has 0 heterocycles. The smallest absolute Gasteiger partial charge is 0.0894 e. The van der Waals surface area contributed by atoms with E-state index in [0.29, 0.717) is 0 Å². The van der Waals surface area contributed by atoms with E-state index in [0.717, 1.165) is 69.0 Å². The highest BCUT2D eigenvalue weighted by Crippen LogP contribution is 2.44. The Morgan fingerprint density at radius 1 is 0.667 bits per heavy atom. The molecule has 2 aromatic rings. The Bertz CT molecular complexity index is 842. The quantitative estimate of drug-likeness (QED) is 0.253. The summed E-state index contributed by atoms with van der Waals surface area (Å²) in [5, 5.41) is 0. The van der Waals surface area contributed by atoms with Crippen LogP contribution in [0.3, 0.4) is 0 Å². The van der Waals surface area contributed by atoms with E-state index in [2.05, 4.69) is 48.5 Å². The second-order valence-corrected chi connectivity index (χ2v) is 11.6. The van der Waals surface area contributed by atoms with E-state index in [9.17, 15) is 4.39 Å². The zero-order valence-electron chi connectivity index (χ0n) is 22.7. The molecule has 0 aliphatic heterocycles. The maximum absolute atomic E-state index is 12.4. The van der Waals surface area contributed by atoms with Crippen LogP contribution in [0.25, 0.3) is 0 Å². The van der Waals surface area contributed by atoms with Crippen LogP contribution in [0.2, 0.25) is 0 Å². The van der Waals surface area contributed by atoms with Gasteiger partial charge in [-0.2, -0.15) is 0 Å². The minimum atomic E-state index is -0.133. The number of benzene rings is 2. The van der Waals surface area contributed by atoms with Gasteiger partial charge >= 0.3 is 0 Å². The third-order valence-electron chi connectivity index (χ3n) is 9.24. The molecule has 0 amide bonds. The minimum Gasteiger partial charge on any atom is -0.381 e. The second kappa shape index (κ2) is 14.9. The highest BCUT2D eigenvalue weighted by molar-refractivity contribution is 5.28. The maximum atomic E-state index is 12.4. The van der Waals surface area contributed by atoms with Gasteiger partial charge in [-0.15, -0.1) is 0 Å². The van der Waals surface area contributed by atoms with Gasteiger partial charge in [-0.05, 0) is 117 Å². The van der Waals surface area contributed by atoms with Crippen molar-refractivity contribution in [2.45, 2.75) is 103 Å². The van der Waals surface area contributed by atoms with Crippen LogP contribution in [0.5, 0.6) is 0 Å². The normalized spacial score (nSPS) is 24.6. The molecule has 2 saturated carbocycles. The number of ether oxygens (including phenoxy) is 1. The molecule has 0 unspecified atom stereocenters. The van der Waals surface area contributed by atoms with Crippen LogP contribution in [-0.2, 0) is 24.0 Å². The fourth-order valence-corrected chi connectivity index (χ4v) is 6.85. The lowest BCUT2D eigenvalue weighted by atomic mass is 9.68. The van der Waals surface area contributed by atoms with Gasteiger partial charge in [0.1, 0.15) is 0 Å².